The number of hydrogen-bond donors (Lipinski definition) is 3. The average molecular weight is 292 g/mol. The van der Waals surface area contributed by atoms with E-state index in [9.17, 15) is 18.3 Å². The maximum Gasteiger partial charge on any atom is 0.306 e. The second-order valence-corrected chi connectivity index (χ2v) is 6.25. The lowest BCUT2D eigenvalue weighted by Gasteiger charge is -2.21. The van der Waals surface area contributed by atoms with Gasteiger partial charge in [-0.3, -0.25) is 4.79 Å². The average Bonchev–Trinajstić information content (AvgIpc) is 2.55. The van der Waals surface area contributed by atoms with Crippen LogP contribution in [0.3, 0.4) is 0 Å². The lowest BCUT2D eigenvalue weighted by Crippen LogP contribution is -2.42. The highest BCUT2D eigenvalue weighted by atomic mass is 32.2. The second-order valence-electron chi connectivity index (χ2n) is 4.55. The predicted molar refractivity (Wildman–Crippen MR) is 64.0 cm³/mol. The van der Waals surface area contributed by atoms with Crippen molar-refractivity contribution in [2.75, 3.05) is 6.54 Å². The zero-order valence-electron chi connectivity index (χ0n) is 10.8. The van der Waals surface area contributed by atoms with E-state index in [1.54, 1.807) is 0 Å². The Hall–Kier alpha value is -1.45. The molecule has 1 aromatic heterocycles. The molecule has 8 nitrogen and oxygen atoms in total. The molecule has 0 saturated heterocycles. The summed E-state index contributed by atoms with van der Waals surface area (Å²) in [7, 11) is -3.91. The maximum atomic E-state index is 12.0. The third kappa shape index (κ3) is 4.01. The van der Waals surface area contributed by atoms with E-state index in [0.29, 0.717) is 0 Å². The molecule has 0 spiro atoms. The van der Waals surface area contributed by atoms with Gasteiger partial charge in [-0.1, -0.05) is 5.16 Å². The molecule has 0 aliphatic heterocycles. The number of rotatable bonds is 6. The highest BCUT2D eigenvalue weighted by Gasteiger charge is 2.29. The van der Waals surface area contributed by atoms with Crippen LogP contribution in [0.5, 0.6) is 0 Å². The van der Waals surface area contributed by atoms with Gasteiger partial charge in [0, 0.05) is 6.54 Å². The summed E-state index contributed by atoms with van der Waals surface area (Å²) >= 11 is 0. The van der Waals surface area contributed by atoms with Crippen LogP contribution in [0.4, 0.5) is 0 Å². The van der Waals surface area contributed by atoms with Gasteiger partial charge in [-0.15, -0.1) is 0 Å². The monoisotopic (exact) mass is 292 g/mol. The summed E-state index contributed by atoms with van der Waals surface area (Å²) in [5.41, 5.74) is -1.49. The van der Waals surface area contributed by atoms with Crippen molar-refractivity contribution in [2.24, 2.45) is 0 Å². The van der Waals surface area contributed by atoms with Crippen molar-refractivity contribution in [2.45, 2.75) is 37.7 Å². The van der Waals surface area contributed by atoms with Gasteiger partial charge in [0.1, 0.15) is 10.6 Å². The zero-order chi connectivity index (χ0) is 14.8. The van der Waals surface area contributed by atoms with Gasteiger partial charge in [0.25, 0.3) is 0 Å². The van der Waals surface area contributed by atoms with Crippen LogP contribution in [-0.2, 0) is 14.8 Å². The molecule has 1 unspecified atom stereocenters. The predicted octanol–water partition coefficient (Wildman–Crippen LogP) is -0.205. The molecule has 9 heteroatoms. The van der Waals surface area contributed by atoms with Crippen LogP contribution in [0, 0.1) is 13.8 Å². The zero-order valence-corrected chi connectivity index (χ0v) is 11.6. The number of nitrogens with one attached hydrogen (secondary N) is 1. The number of aromatic nitrogens is 1. The third-order valence-electron chi connectivity index (χ3n) is 2.41. The first kappa shape index (κ1) is 15.6. The molecule has 3 N–H and O–H groups in total. The van der Waals surface area contributed by atoms with Crippen molar-refractivity contribution in [1.29, 1.82) is 0 Å². The lowest BCUT2D eigenvalue weighted by molar-refractivity contribution is -0.141. The highest BCUT2D eigenvalue weighted by Crippen LogP contribution is 2.19. The van der Waals surface area contributed by atoms with Crippen molar-refractivity contribution >= 4 is 16.0 Å². The fourth-order valence-corrected chi connectivity index (χ4v) is 3.06. The van der Waals surface area contributed by atoms with Crippen LogP contribution < -0.4 is 4.72 Å². The van der Waals surface area contributed by atoms with Crippen molar-refractivity contribution in [3.05, 3.63) is 11.5 Å². The first-order valence-electron chi connectivity index (χ1n) is 5.42. The number of aliphatic hydroxyl groups is 1. The number of nitrogens with zero attached hydrogens (tertiary/aromatic N) is 1. The molecule has 0 aliphatic rings. The van der Waals surface area contributed by atoms with Gasteiger partial charge in [0.2, 0.25) is 10.0 Å². The molecular formula is C10H16N2O6S. The number of carbonyl (C=O) groups is 1. The van der Waals surface area contributed by atoms with Crippen molar-refractivity contribution in [3.63, 3.8) is 0 Å². The Kier molecular flexibility index (Phi) is 4.33. The van der Waals surface area contributed by atoms with E-state index in [1.807, 2.05) is 0 Å². The molecule has 0 fully saturated rings. The Morgan fingerprint density at radius 1 is 1.47 bits per heavy atom. The highest BCUT2D eigenvalue weighted by molar-refractivity contribution is 7.89. The van der Waals surface area contributed by atoms with E-state index in [2.05, 4.69) is 9.88 Å². The Labute approximate surface area is 110 Å². The summed E-state index contributed by atoms with van der Waals surface area (Å²) < 4.78 is 30.9. The third-order valence-corrected chi connectivity index (χ3v) is 4.06. The molecule has 0 aliphatic carbocycles. The van der Waals surface area contributed by atoms with Crippen LogP contribution in [0.15, 0.2) is 9.42 Å². The first-order chi connectivity index (χ1) is 8.55. The quantitative estimate of drug-likeness (QED) is 0.661. The van der Waals surface area contributed by atoms with E-state index >= 15 is 0 Å². The Morgan fingerprint density at radius 3 is 2.47 bits per heavy atom. The Balaban J connectivity index is 2.85. The van der Waals surface area contributed by atoms with Gasteiger partial charge in [0.05, 0.1) is 12.0 Å². The van der Waals surface area contributed by atoms with E-state index < -0.39 is 34.6 Å². The summed E-state index contributed by atoms with van der Waals surface area (Å²) in [6, 6.07) is 0. The number of carboxylic acids is 1. The van der Waals surface area contributed by atoms with Crippen LogP contribution in [-0.4, -0.2) is 41.9 Å². The van der Waals surface area contributed by atoms with Crippen molar-refractivity contribution in [1.82, 2.24) is 9.88 Å². The van der Waals surface area contributed by atoms with E-state index in [0.717, 1.165) is 0 Å². The molecule has 19 heavy (non-hydrogen) atoms. The number of sulfonamides is 1. The molecule has 0 amide bonds. The fraction of sp³-hybridized carbons (Fsp3) is 0.600. The maximum absolute atomic E-state index is 12.0. The number of carboxylic acid groups (broad SMARTS) is 1. The minimum atomic E-state index is -3.91. The molecule has 1 rings (SSSR count). The molecule has 0 bridgehead atoms. The summed E-state index contributed by atoms with van der Waals surface area (Å²) in [6.07, 6.45) is -0.572. The van der Waals surface area contributed by atoms with Gasteiger partial charge < -0.3 is 14.7 Å². The molecule has 108 valence electrons. The van der Waals surface area contributed by atoms with E-state index in [-0.39, 0.29) is 16.3 Å². The van der Waals surface area contributed by atoms with Crippen LogP contribution in [0.25, 0.3) is 0 Å². The molecule has 0 aromatic carbocycles. The van der Waals surface area contributed by atoms with E-state index in [4.69, 9.17) is 9.63 Å². The topological polar surface area (TPSA) is 130 Å². The van der Waals surface area contributed by atoms with Gasteiger partial charge in [-0.25, -0.2) is 13.1 Å². The largest absolute Gasteiger partial charge is 0.481 e. The van der Waals surface area contributed by atoms with E-state index in [1.165, 1.54) is 20.8 Å². The van der Waals surface area contributed by atoms with Crippen LogP contribution in [0.2, 0.25) is 0 Å². The van der Waals surface area contributed by atoms with Gasteiger partial charge in [0.15, 0.2) is 5.76 Å². The Morgan fingerprint density at radius 2 is 2.05 bits per heavy atom. The van der Waals surface area contributed by atoms with Gasteiger partial charge in [-0.05, 0) is 20.8 Å². The summed E-state index contributed by atoms with van der Waals surface area (Å²) in [4.78, 5) is 10.4. The SMILES string of the molecule is Cc1noc(C)c1S(=O)(=O)NCC(C)(O)CC(=O)O. The molecule has 0 radical (unpaired) electrons. The number of aryl methyl sites for hydroxylation is 2. The second kappa shape index (κ2) is 5.27. The summed E-state index contributed by atoms with van der Waals surface area (Å²) in [5.74, 6) is -1.09. The standard InChI is InChI=1S/C10H16N2O6S/c1-6-9(7(2)18-12-6)19(16,17)11-5-10(3,15)4-8(13)14/h11,15H,4-5H2,1-3H3,(H,13,14). The lowest BCUT2D eigenvalue weighted by atomic mass is 10.0. The number of hydrogen-bond acceptors (Lipinski definition) is 6. The first-order valence-corrected chi connectivity index (χ1v) is 6.90. The minimum absolute atomic E-state index is 0.0985. The fourth-order valence-electron chi connectivity index (χ4n) is 1.57. The van der Waals surface area contributed by atoms with Crippen molar-refractivity contribution in [3.8, 4) is 0 Å². The van der Waals surface area contributed by atoms with Crippen LogP contribution in [0.1, 0.15) is 24.8 Å². The summed E-state index contributed by atoms with van der Waals surface area (Å²) in [5, 5.41) is 21.9. The smallest absolute Gasteiger partial charge is 0.306 e. The summed E-state index contributed by atoms with van der Waals surface area (Å²) in [6.45, 7) is 3.73. The normalized spacial score (nSPS) is 15.2. The molecular weight excluding hydrogens is 276 g/mol. The molecule has 1 heterocycles. The van der Waals surface area contributed by atoms with Crippen LogP contribution >= 0.6 is 0 Å². The molecule has 1 atom stereocenters. The Bertz CT molecular complexity index is 555. The minimum Gasteiger partial charge on any atom is -0.481 e. The number of aliphatic carboxylic acids is 1. The molecule has 0 saturated carbocycles. The van der Waals surface area contributed by atoms with Gasteiger partial charge >= 0.3 is 5.97 Å². The van der Waals surface area contributed by atoms with Gasteiger partial charge in [-0.2, -0.15) is 0 Å². The molecule has 1 aromatic rings. The van der Waals surface area contributed by atoms with Crippen molar-refractivity contribution < 1.29 is 27.9 Å².